The van der Waals surface area contributed by atoms with Crippen molar-refractivity contribution in [2.45, 2.75) is 12.5 Å². The van der Waals surface area contributed by atoms with Gasteiger partial charge in [-0.05, 0) is 18.3 Å². The van der Waals surface area contributed by atoms with Crippen molar-refractivity contribution in [2.75, 3.05) is 0 Å². The van der Waals surface area contributed by atoms with Gasteiger partial charge < -0.3 is 5.11 Å². The van der Waals surface area contributed by atoms with E-state index in [2.05, 4.69) is 24.3 Å². The highest BCUT2D eigenvalue weighted by atomic mass is 16.3. The molecule has 3 aliphatic rings. The van der Waals surface area contributed by atoms with Crippen LogP contribution in [0.25, 0.3) is 0 Å². The van der Waals surface area contributed by atoms with E-state index in [1.54, 1.807) is 0 Å². The van der Waals surface area contributed by atoms with Gasteiger partial charge in [0.2, 0.25) is 0 Å². The van der Waals surface area contributed by atoms with Crippen molar-refractivity contribution in [3.63, 3.8) is 0 Å². The molecular weight excluding hydrogens is 136 g/mol. The maximum absolute atomic E-state index is 9.74. The molecule has 1 heteroatoms. The molecule has 1 N–H and O–H groups in total. The third-order valence-electron chi connectivity index (χ3n) is 3.54. The van der Waals surface area contributed by atoms with Gasteiger partial charge in [0.25, 0.3) is 0 Å². The summed E-state index contributed by atoms with van der Waals surface area (Å²) in [5.74, 6) is 2.32. The van der Waals surface area contributed by atoms with Crippen molar-refractivity contribution < 1.29 is 5.11 Å². The average molecular weight is 148 g/mol. The van der Waals surface area contributed by atoms with E-state index in [4.69, 9.17) is 0 Å². The van der Waals surface area contributed by atoms with Crippen LogP contribution in [0, 0.1) is 23.7 Å². The summed E-state index contributed by atoms with van der Waals surface area (Å²) in [7, 11) is 0. The topological polar surface area (TPSA) is 20.2 Å². The van der Waals surface area contributed by atoms with E-state index in [0.717, 1.165) is 5.92 Å². The lowest BCUT2D eigenvalue weighted by molar-refractivity contribution is 0.128. The second-order valence-corrected chi connectivity index (χ2v) is 3.94. The van der Waals surface area contributed by atoms with E-state index in [0.29, 0.717) is 17.8 Å². The number of hydrogen-bond acceptors (Lipinski definition) is 1. The standard InChI is InChI=1S/C10H12O/c11-10-8-4-5-9(10)7-3-1-2-6(7)8/h1-2,4-11H,3H2/t6-,7-,8+,9+,10-/m1/s1. The number of fused-ring (bicyclic) bond motifs is 5. The normalized spacial score (nSPS) is 57.4. The SMILES string of the molecule is O[C@@H]1[C@H]2C=C[C@H]1[C@@H]1CC=C[C@@H]21. The first-order valence-electron chi connectivity index (χ1n) is 4.41. The van der Waals surface area contributed by atoms with E-state index in [1.165, 1.54) is 6.42 Å². The van der Waals surface area contributed by atoms with Crippen LogP contribution in [0.15, 0.2) is 24.3 Å². The zero-order chi connectivity index (χ0) is 7.42. The molecule has 0 radical (unpaired) electrons. The largest absolute Gasteiger partial charge is 0.392 e. The highest BCUT2D eigenvalue weighted by Gasteiger charge is 2.50. The van der Waals surface area contributed by atoms with Gasteiger partial charge in [0.15, 0.2) is 0 Å². The predicted molar refractivity (Wildman–Crippen MR) is 42.9 cm³/mol. The molecule has 0 saturated heterocycles. The van der Waals surface area contributed by atoms with Crippen LogP contribution in [0.2, 0.25) is 0 Å². The highest BCUT2D eigenvalue weighted by Crippen LogP contribution is 2.52. The quantitative estimate of drug-likeness (QED) is 0.514. The van der Waals surface area contributed by atoms with Gasteiger partial charge >= 0.3 is 0 Å². The number of aliphatic hydroxyl groups is 1. The molecule has 11 heavy (non-hydrogen) atoms. The van der Waals surface area contributed by atoms with E-state index in [1.807, 2.05) is 0 Å². The van der Waals surface area contributed by atoms with Gasteiger partial charge in [-0.25, -0.2) is 0 Å². The Labute approximate surface area is 66.4 Å². The lowest BCUT2D eigenvalue weighted by Crippen LogP contribution is -2.15. The fourth-order valence-electron chi connectivity index (χ4n) is 3.01. The fourth-order valence-corrected chi connectivity index (χ4v) is 3.01. The van der Waals surface area contributed by atoms with Crippen molar-refractivity contribution in [3.05, 3.63) is 24.3 Å². The lowest BCUT2D eigenvalue weighted by atomic mass is 9.86. The zero-order valence-electron chi connectivity index (χ0n) is 6.35. The molecule has 0 spiro atoms. The number of rotatable bonds is 0. The van der Waals surface area contributed by atoms with Crippen LogP contribution in [-0.2, 0) is 0 Å². The molecule has 1 fully saturated rings. The Bertz CT molecular complexity index is 241. The maximum atomic E-state index is 9.74. The summed E-state index contributed by atoms with van der Waals surface area (Å²) in [6.07, 6.45) is 10.1. The van der Waals surface area contributed by atoms with E-state index in [-0.39, 0.29) is 6.10 Å². The lowest BCUT2D eigenvalue weighted by Gasteiger charge is -2.18. The van der Waals surface area contributed by atoms with Crippen molar-refractivity contribution >= 4 is 0 Å². The second-order valence-electron chi connectivity index (χ2n) is 3.94. The summed E-state index contributed by atoms with van der Waals surface area (Å²) in [5, 5.41) is 9.74. The third-order valence-corrected chi connectivity index (χ3v) is 3.54. The minimum absolute atomic E-state index is 0.0602. The minimum atomic E-state index is -0.0602. The van der Waals surface area contributed by atoms with Gasteiger partial charge in [-0.15, -0.1) is 0 Å². The first-order valence-corrected chi connectivity index (χ1v) is 4.41. The van der Waals surface area contributed by atoms with E-state index >= 15 is 0 Å². The summed E-state index contributed by atoms with van der Waals surface area (Å²) >= 11 is 0. The summed E-state index contributed by atoms with van der Waals surface area (Å²) in [6, 6.07) is 0. The smallest absolute Gasteiger partial charge is 0.0674 e. The Balaban J connectivity index is 2.04. The summed E-state index contributed by atoms with van der Waals surface area (Å²) in [4.78, 5) is 0. The van der Waals surface area contributed by atoms with Crippen molar-refractivity contribution in [3.8, 4) is 0 Å². The predicted octanol–water partition coefficient (Wildman–Crippen LogP) is 1.36. The highest BCUT2D eigenvalue weighted by molar-refractivity contribution is 5.25. The molecule has 5 atom stereocenters. The van der Waals surface area contributed by atoms with Crippen molar-refractivity contribution in [1.82, 2.24) is 0 Å². The molecule has 1 nitrogen and oxygen atoms in total. The summed E-state index contributed by atoms with van der Waals surface area (Å²) in [5.41, 5.74) is 0. The molecule has 58 valence electrons. The van der Waals surface area contributed by atoms with E-state index in [9.17, 15) is 5.11 Å². The third kappa shape index (κ3) is 0.564. The molecular formula is C10H12O. The Morgan fingerprint density at radius 2 is 1.82 bits per heavy atom. The zero-order valence-corrected chi connectivity index (χ0v) is 6.35. The number of allylic oxidation sites excluding steroid dienone is 2. The molecule has 0 amide bonds. The fraction of sp³-hybridized carbons (Fsp3) is 0.600. The summed E-state index contributed by atoms with van der Waals surface area (Å²) < 4.78 is 0. The van der Waals surface area contributed by atoms with Crippen LogP contribution in [0.4, 0.5) is 0 Å². The first-order chi connectivity index (χ1) is 5.38. The first kappa shape index (κ1) is 6.01. The van der Waals surface area contributed by atoms with Crippen molar-refractivity contribution in [1.29, 1.82) is 0 Å². The minimum Gasteiger partial charge on any atom is -0.392 e. The van der Waals surface area contributed by atoms with E-state index < -0.39 is 0 Å². The van der Waals surface area contributed by atoms with Crippen LogP contribution in [0.3, 0.4) is 0 Å². The van der Waals surface area contributed by atoms with Crippen LogP contribution >= 0.6 is 0 Å². The Morgan fingerprint density at radius 1 is 1.00 bits per heavy atom. The molecule has 0 aromatic carbocycles. The Hall–Kier alpha value is -0.560. The number of aliphatic hydroxyl groups excluding tert-OH is 1. The summed E-state index contributed by atoms with van der Waals surface area (Å²) in [6.45, 7) is 0. The molecule has 0 unspecified atom stereocenters. The van der Waals surface area contributed by atoms with Crippen LogP contribution < -0.4 is 0 Å². The van der Waals surface area contributed by atoms with Gasteiger partial charge in [0, 0.05) is 11.8 Å². The molecule has 0 aromatic rings. The Morgan fingerprint density at radius 3 is 2.64 bits per heavy atom. The molecule has 0 heterocycles. The maximum Gasteiger partial charge on any atom is 0.0674 e. The van der Waals surface area contributed by atoms with Crippen LogP contribution in [0.1, 0.15) is 6.42 Å². The molecule has 2 bridgehead atoms. The number of hydrogen-bond donors (Lipinski definition) is 1. The van der Waals surface area contributed by atoms with Gasteiger partial charge in [-0.2, -0.15) is 0 Å². The van der Waals surface area contributed by atoms with Gasteiger partial charge in [0.05, 0.1) is 6.10 Å². The molecule has 3 aliphatic carbocycles. The van der Waals surface area contributed by atoms with Crippen LogP contribution in [0.5, 0.6) is 0 Å². The molecule has 1 saturated carbocycles. The van der Waals surface area contributed by atoms with Crippen molar-refractivity contribution in [2.24, 2.45) is 23.7 Å². The monoisotopic (exact) mass is 148 g/mol. The average Bonchev–Trinajstić information content (AvgIpc) is 2.61. The van der Waals surface area contributed by atoms with Crippen LogP contribution in [-0.4, -0.2) is 11.2 Å². The van der Waals surface area contributed by atoms with Gasteiger partial charge in [0.1, 0.15) is 0 Å². The molecule has 0 aromatic heterocycles. The van der Waals surface area contributed by atoms with Gasteiger partial charge in [-0.1, -0.05) is 24.3 Å². The Kier molecular flexibility index (Phi) is 0.972. The second kappa shape index (κ2) is 1.78. The molecule has 3 rings (SSSR count). The van der Waals surface area contributed by atoms with Gasteiger partial charge in [-0.3, -0.25) is 0 Å². The molecule has 0 aliphatic heterocycles.